The molecule has 0 saturated carbocycles. The predicted molar refractivity (Wildman–Crippen MR) is 81.7 cm³/mol. The monoisotopic (exact) mass is 304 g/mol. The summed E-state index contributed by atoms with van der Waals surface area (Å²) in [5, 5.41) is 1.92. The average molecular weight is 304 g/mol. The second kappa shape index (κ2) is 7.04. The van der Waals surface area contributed by atoms with E-state index in [1.165, 1.54) is 11.3 Å². The molecule has 0 unspecified atom stereocenters. The lowest BCUT2D eigenvalue weighted by atomic mass is 10.0. The van der Waals surface area contributed by atoms with Crippen molar-refractivity contribution in [1.82, 2.24) is 0 Å². The fourth-order valence-corrected chi connectivity index (χ4v) is 2.66. The van der Waals surface area contributed by atoms with E-state index in [4.69, 9.17) is 9.47 Å². The zero-order valence-corrected chi connectivity index (χ0v) is 12.7. The van der Waals surface area contributed by atoms with Gasteiger partial charge in [-0.3, -0.25) is 0 Å². The van der Waals surface area contributed by atoms with Crippen LogP contribution in [0.5, 0.6) is 0 Å². The molecule has 1 heterocycles. The molecule has 0 N–H and O–H groups in total. The van der Waals surface area contributed by atoms with Gasteiger partial charge in [-0.15, -0.1) is 11.3 Å². The third kappa shape index (κ3) is 3.49. The molecule has 0 aliphatic heterocycles. The highest BCUT2D eigenvalue weighted by Gasteiger charge is 2.17. The van der Waals surface area contributed by atoms with Gasteiger partial charge in [0, 0.05) is 10.4 Å². The van der Waals surface area contributed by atoms with Crippen molar-refractivity contribution in [2.24, 2.45) is 0 Å². The van der Waals surface area contributed by atoms with Crippen LogP contribution in [0.15, 0.2) is 35.7 Å². The van der Waals surface area contributed by atoms with Crippen LogP contribution in [0.25, 0.3) is 10.4 Å². The summed E-state index contributed by atoms with van der Waals surface area (Å²) in [4.78, 5) is 24.8. The number of carbonyl (C=O) groups excluding carboxylic acids is 2. The summed E-state index contributed by atoms with van der Waals surface area (Å²) >= 11 is 1.50. The number of hydrogen-bond donors (Lipinski definition) is 0. The number of thiophene rings is 1. The second-order valence-corrected chi connectivity index (χ2v) is 5.13. The molecule has 21 heavy (non-hydrogen) atoms. The first-order chi connectivity index (χ1) is 10.2. The molecule has 2 rings (SSSR count). The van der Waals surface area contributed by atoms with E-state index in [1.54, 1.807) is 32.0 Å². The molecular weight excluding hydrogens is 288 g/mol. The third-order valence-corrected chi connectivity index (χ3v) is 3.72. The first kappa shape index (κ1) is 15.3. The molecule has 0 fully saturated rings. The van der Waals surface area contributed by atoms with Crippen molar-refractivity contribution in [2.75, 3.05) is 13.2 Å². The summed E-state index contributed by atoms with van der Waals surface area (Å²) in [5.41, 5.74) is 1.56. The summed E-state index contributed by atoms with van der Waals surface area (Å²) in [6, 6.07) is 8.67. The van der Waals surface area contributed by atoms with E-state index >= 15 is 0 Å². The zero-order valence-electron chi connectivity index (χ0n) is 11.9. The van der Waals surface area contributed by atoms with Gasteiger partial charge in [-0.05, 0) is 43.5 Å². The molecule has 4 nitrogen and oxygen atoms in total. The molecule has 0 amide bonds. The van der Waals surface area contributed by atoms with E-state index in [2.05, 4.69) is 0 Å². The van der Waals surface area contributed by atoms with Crippen LogP contribution in [-0.4, -0.2) is 25.2 Å². The van der Waals surface area contributed by atoms with Crippen LogP contribution in [-0.2, 0) is 9.47 Å². The quantitative estimate of drug-likeness (QED) is 0.789. The number of rotatable bonds is 5. The van der Waals surface area contributed by atoms with Crippen molar-refractivity contribution in [3.8, 4) is 10.4 Å². The highest BCUT2D eigenvalue weighted by molar-refractivity contribution is 7.13. The van der Waals surface area contributed by atoms with Crippen molar-refractivity contribution in [1.29, 1.82) is 0 Å². The molecule has 1 aromatic carbocycles. The van der Waals surface area contributed by atoms with Crippen LogP contribution in [0.4, 0.5) is 0 Å². The van der Waals surface area contributed by atoms with E-state index in [9.17, 15) is 9.59 Å². The Balaban J connectivity index is 2.47. The van der Waals surface area contributed by atoms with Crippen LogP contribution < -0.4 is 0 Å². The van der Waals surface area contributed by atoms with Gasteiger partial charge < -0.3 is 9.47 Å². The second-order valence-electron chi connectivity index (χ2n) is 4.18. The number of benzene rings is 1. The minimum Gasteiger partial charge on any atom is -0.462 e. The lowest BCUT2D eigenvalue weighted by molar-refractivity contribution is 0.0512. The highest BCUT2D eigenvalue weighted by Crippen LogP contribution is 2.30. The van der Waals surface area contributed by atoms with Gasteiger partial charge in [0.25, 0.3) is 0 Å². The van der Waals surface area contributed by atoms with Crippen molar-refractivity contribution in [3.63, 3.8) is 0 Å². The average Bonchev–Trinajstić information content (AvgIpc) is 3.01. The van der Waals surface area contributed by atoms with Crippen molar-refractivity contribution in [3.05, 3.63) is 46.8 Å². The fourth-order valence-electron chi connectivity index (χ4n) is 1.91. The molecule has 1 aromatic heterocycles. The van der Waals surface area contributed by atoms with Crippen LogP contribution in [0.3, 0.4) is 0 Å². The smallest absolute Gasteiger partial charge is 0.338 e. The van der Waals surface area contributed by atoms with E-state index in [-0.39, 0.29) is 0 Å². The van der Waals surface area contributed by atoms with Gasteiger partial charge in [0.2, 0.25) is 0 Å². The van der Waals surface area contributed by atoms with Crippen LogP contribution in [0.2, 0.25) is 0 Å². The Kier molecular flexibility index (Phi) is 5.11. The Morgan fingerprint density at radius 2 is 1.76 bits per heavy atom. The van der Waals surface area contributed by atoms with Gasteiger partial charge in [0.05, 0.1) is 24.3 Å². The predicted octanol–water partition coefficient (Wildman–Crippen LogP) is 3.77. The fraction of sp³-hybridized carbons (Fsp3) is 0.250. The van der Waals surface area contributed by atoms with E-state index in [0.717, 1.165) is 4.88 Å². The van der Waals surface area contributed by atoms with Crippen molar-refractivity contribution in [2.45, 2.75) is 13.8 Å². The number of hydrogen-bond acceptors (Lipinski definition) is 5. The van der Waals surface area contributed by atoms with Gasteiger partial charge >= 0.3 is 11.9 Å². The lowest BCUT2D eigenvalue weighted by Gasteiger charge is -2.09. The van der Waals surface area contributed by atoms with E-state index in [0.29, 0.717) is 29.9 Å². The van der Waals surface area contributed by atoms with Crippen LogP contribution in [0, 0.1) is 0 Å². The summed E-state index contributed by atoms with van der Waals surface area (Å²) in [5.74, 6) is -0.790. The summed E-state index contributed by atoms with van der Waals surface area (Å²) in [6.07, 6.45) is 0. The van der Waals surface area contributed by atoms with Gasteiger partial charge in [0.1, 0.15) is 0 Å². The number of carbonyl (C=O) groups is 2. The lowest BCUT2D eigenvalue weighted by Crippen LogP contribution is -2.09. The Morgan fingerprint density at radius 3 is 2.38 bits per heavy atom. The SMILES string of the molecule is CCOC(=O)c1ccc(C(=O)OCC)c(-c2cccs2)c1. The Morgan fingerprint density at radius 1 is 1.05 bits per heavy atom. The molecule has 0 radical (unpaired) electrons. The van der Waals surface area contributed by atoms with Gasteiger partial charge in [-0.1, -0.05) is 6.07 Å². The molecule has 110 valence electrons. The molecular formula is C16H16O4S. The van der Waals surface area contributed by atoms with Gasteiger partial charge in [0.15, 0.2) is 0 Å². The van der Waals surface area contributed by atoms with E-state index < -0.39 is 11.9 Å². The van der Waals surface area contributed by atoms with Crippen LogP contribution >= 0.6 is 11.3 Å². The molecule has 2 aromatic rings. The largest absolute Gasteiger partial charge is 0.462 e. The van der Waals surface area contributed by atoms with Gasteiger partial charge in [-0.25, -0.2) is 9.59 Å². The summed E-state index contributed by atoms with van der Waals surface area (Å²) in [6.45, 7) is 4.13. The standard InChI is InChI=1S/C16H16O4S/c1-3-19-15(17)11-7-8-12(16(18)20-4-2)13(10-11)14-6-5-9-21-14/h5-10H,3-4H2,1-2H3. The molecule has 0 spiro atoms. The molecule has 0 atom stereocenters. The molecule has 5 heteroatoms. The van der Waals surface area contributed by atoms with E-state index in [1.807, 2.05) is 17.5 Å². The maximum absolute atomic E-state index is 12.0. The molecule has 0 aliphatic rings. The summed E-state index contributed by atoms with van der Waals surface area (Å²) < 4.78 is 10.1. The van der Waals surface area contributed by atoms with Crippen molar-refractivity contribution < 1.29 is 19.1 Å². The summed E-state index contributed by atoms with van der Waals surface area (Å²) in [7, 11) is 0. The number of esters is 2. The Hall–Kier alpha value is -2.14. The number of ether oxygens (including phenoxy) is 2. The zero-order chi connectivity index (χ0) is 15.2. The van der Waals surface area contributed by atoms with Gasteiger partial charge in [-0.2, -0.15) is 0 Å². The Labute approximate surface area is 127 Å². The van der Waals surface area contributed by atoms with Crippen molar-refractivity contribution >= 4 is 23.3 Å². The first-order valence-electron chi connectivity index (χ1n) is 6.69. The highest BCUT2D eigenvalue weighted by atomic mass is 32.1. The first-order valence-corrected chi connectivity index (χ1v) is 7.57. The minimum absolute atomic E-state index is 0.308. The normalized spacial score (nSPS) is 10.2. The third-order valence-electron chi connectivity index (χ3n) is 2.81. The minimum atomic E-state index is -0.397. The topological polar surface area (TPSA) is 52.6 Å². The molecule has 0 saturated heterocycles. The molecule has 0 aliphatic carbocycles. The maximum Gasteiger partial charge on any atom is 0.338 e. The van der Waals surface area contributed by atoms with Crippen LogP contribution in [0.1, 0.15) is 34.6 Å². The Bertz CT molecular complexity index is 632. The molecule has 0 bridgehead atoms. The maximum atomic E-state index is 12.0.